The molecule has 0 amide bonds. The molecule has 2 fully saturated rings. The molecule has 8 nitrogen and oxygen atoms in total. The predicted molar refractivity (Wildman–Crippen MR) is 247 cm³/mol. The highest BCUT2D eigenvalue weighted by atomic mass is 16.8. The highest BCUT2D eigenvalue weighted by Gasteiger charge is 2.51. The molecule has 0 N–H and O–H groups in total. The summed E-state index contributed by atoms with van der Waals surface area (Å²) in [6, 6.07) is 0. The Morgan fingerprint density at radius 1 is 0.508 bits per heavy atom. The minimum atomic E-state index is -0.730. The van der Waals surface area contributed by atoms with Gasteiger partial charge in [0.1, 0.15) is 31.2 Å². The zero-order valence-corrected chi connectivity index (χ0v) is 40.5. The second-order valence-corrected chi connectivity index (χ2v) is 19.2. The van der Waals surface area contributed by atoms with Gasteiger partial charge in [-0.1, -0.05) is 181 Å². The molecule has 0 spiro atoms. The molecule has 0 aliphatic carbocycles. The van der Waals surface area contributed by atoms with Gasteiger partial charge in [0.05, 0.1) is 13.2 Å². The fraction of sp³-hybridized carbons (Fsp3) is 1.00. The van der Waals surface area contributed by atoms with Crippen molar-refractivity contribution in [3.8, 4) is 0 Å². The van der Waals surface area contributed by atoms with Gasteiger partial charge >= 0.3 is 0 Å². The standard InChI is InChI=1S/C51H101NO7/c1-8-10-12-14-16-18-20-22-24-26-28-30-32-35-39-52(40-36-33-31-29-27-25-23-21-19-17-15-13-11-9-2)41-37-34-38-42-54-43-46-49(59-51(5,6)58-46)48(55-45-53-7)47-44-56-50(3,4)57-47/h46-49H,8-45H2,1-7H3/t46-,47+,48-,49+/m0/s1. The van der Waals surface area contributed by atoms with Gasteiger partial charge in [0.15, 0.2) is 11.6 Å². The Labute approximate surface area is 367 Å². The summed E-state index contributed by atoms with van der Waals surface area (Å²) in [7, 11) is 1.63. The summed E-state index contributed by atoms with van der Waals surface area (Å²) in [5, 5.41) is 0. The van der Waals surface area contributed by atoms with Crippen LogP contribution in [0.2, 0.25) is 0 Å². The summed E-state index contributed by atoms with van der Waals surface area (Å²) in [6.07, 6.45) is 42.0. The minimum Gasteiger partial charge on any atom is -0.379 e. The van der Waals surface area contributed by atoms with Gasteiger partial charge in [0, 0.05) is 13.7 Å². The van der Waals surface area contributed by atoms with Crippen LogP contribution in [-0.2, 0) is 33.2 Å². The third-order valence-corrected chi connectivity index (χ3v) is 12.5. The van der Waals surface area contributed by atoms with E-state index in [4.69, 9.17) is 33.2 Å². The topological polar surface area (TPSA) is 67.9 Å². The summed E-state index contributed by atoms with van der Waals surface area (Å²) < 4.78 is 42.4. The summed E-state index contributed by atoms with van der Waals surface area (Å²) in [5.74, 6) is -1.39. The van der Waals surface area contributed by atoms with Crippen molar-refractivity contribution in [1.29, 1.82) is 0 Å². The summed E-state index contributed by atoms with van der Waals surface area (Å²) in [4.78, 5) is 2.79. The Morgan fingerprint density at radius 3 is 1.31 bits per heavy atom. The van der Waals surface area contributed by atoms with E-state index in [0.717, 1.165) is 13.0 Å². The van der Waals surface area contributed by atoms with E-state index < -0.39 is 17.7 Å². The van der Waals surface area contributed by atoms with Gasteiger partial charge in [0.25, 0.3) is 0 Å². The van der Waals surface area contributed by atoms with Crippen molar-refractivity contribution in [1.82, 2.24) is 4.90 Å². The van der Waals surface area contributed by atoms with E-state index in [-0.39, 0.29) is 25.1 Å². The van der Waals surface area contributed by atoms with Crippen LogP contribution in [0.5, 0.6) is 0 Å². The van der Waals surface area contributed by atoms with Crippen LogP contribution in [0.4, 0.5) is 0 Å². The quantitative estimate of drug-likeness (QED) is 0.0444. The third-order valence-electron chi connectivity index (χ3n) is 12.5. The van der Waals surface area contributed by atoms with Gasteiger partial charge in [-0.05, 0) is 79.4 Å². The maximum atomic E-state index is 6.38. The van der Waals surface area contributed by atoms with E-state index in [0.29, 0.717) is 13.2 Å². The van der Waals surface area contributed by atoms with Crippen molar-refractivity contribution in [2.45, 2.75) is 277 Å². The van der Waals surface area contributed by atoms with Crippen LogP contribution in [-0.4, -0.2) is 94.2 Å². The molecule has 2 saturated heterocycles. The monoisotopic (exact) mass is 840 g/mol. The number of unbranched alkanes of at least 4 members (excludes halogenated alkanes) is 28. The van der Waals surface area contributed by atoms with Crippen molar-refractivity contribution in [3.63, 3.8) is 0 Å². The summed E-state index contributed by atoms with van der Waals surface area (Å²) in [6.45, 7) is 17.9. The summed E-state index contributed by atoms with van der Waals surface area (Å²) >= 11 is 0. The molecular formula is C51H101NO7. The Morgan fingerprint density at radius 2 is 0.915 bits per heavy atom. The van der Waals surface area contributed by atoms with E-state index in [1.165, 1.54) is 212 Å². The second-order valence-electron chi connectivity index (χ2n) is 19.2. The molecular weight excluding hydrogens is 739 g/mol. The highest BCUT2D eigenvalue weighted by Crippen LogP contribution is 2.36. The molecule has 2 aliphatic rings. The molecule has 59 heavy (non-hydrogen) atoms. The highest BCUT2D eigenvalue weighted by molar-refractivity contribution is 4.93. The Hall–Kier alpha value is -0.320. The molecule has 0 saturated carbocycles. The van der Waals surface area contributed by atoms with E-state index in [9.17, 15) is 0 Å². The lowest BCUT2D eigenvalue weighted by Crippen LogP contribution is -2.48. The Balaban J connectivity index is 1.65. The van der Waals surface area contributed by atoms with Crippen LogP contribution in [0, 0.1) is 0 Å². The van der Waals surface area contributed by atoms with Crippen molar-refractivity contribution >= 4 is 0 Å². The average Bonchev–Trinajstić information content (AvgIpc) is 3.73. The van der Waals surface area contributed by atoms with Crippen LogP contribution in [0.25, 0.3) is 0 Å². The number of hydrogen-bond acceptors (Lipinski definition) is 8. The zero-order chi connectivity index (χ0) is 42.7. The molecule has 352 valence electrons. The fourth-order valence-corrected chi connectivity index (χ4v) is 9.02. The van der Waals surface area contributed by atoms with Crippen molar-refractivity contribution < 1.29 is 33.2 Å². The molecule has 8 heteroatoms. The number of nitrogens with zero attached hydrogens (tertiary/aromatic N) is 1. The average molecular weight is 840 g/mol. The zero-order valence-electron chi connectivity index (χ0n) is 40.5. The van der Waals surface area contributed by atoms with Gasteiger partial charge in [0.2, 0.25) is 0 Å². The number of rotatable bonds is 43. The molecule has 0 radical (unpaired) electrons. The van der Waals surface area contributed by atoms with Gasteiger partial charge in [-0.25, -0.2) is 0 Å². The predicted octanol–water partition coefficient (Wildman–Crippen LogP) is 14.1. The smallest absolute Gasteiger partial charge is 0.164 e. The second kappa shape index (κ2) is 36.1. The Kier molecular flexibility index (Phi) is 33.5. The van der Waals surface area contributed by atoms with Crippen LogP contribution >= 0.6 is 0 Å². The van der Waals surface area contributed by atoms with Crippen LogP contribution in [0.3, 0.4) is 0 Å². The molecule has 0 aromatic carbocycles. The van der Waals surface area contributed by atoms with Crippen LogP contribution < -0.4 is 0 Å². The lowest BCUT2D eigenvalue weighted by molar-refractivity contribution is -0.204. The lowest BCUT2D eigenvalue weighted by atomic mass is 10.0. The van der Waals surface area contributed by atoms with Gasteiger partial charge in [-0.3, -0.25) is 0 Å². The maximum absolute atomic E-state index is 6.38. The van der Waals surface area contributed by atoms with Crippen molar-refractivity contribution in [3.05, 3.63) is 0 Å². The van der Waals surface area contributed by atoms with E-state index in [2.05, 4.69) is 18.7 Å². The fourth-order valence-electron chi connectivity index (χ4n) is 9.02. The van der Waals surface area contributed by atoms with Crippen LogP contribution in [0.15, 0.2) is 0 Å². The number of ether oxygens (including phenoxy) is 7. The summed E-state index contributed by atoms with van der Waals surface area (Å²) in [5.41, 5.74) is 0. The molecule has 2 aliphatic heterocycles. The lowest BCUT2D eigenvalue weighted by Gasteiger charge is -2.30. The minimum absolute atomic E-state index is 0.147. The van der Waals surface area contributed by atoms with E-state index in [1.54, 1.807) is 7.11 Å². The first kappa shape index (κ1) is 54.8. The molecule has 2 heterocycles. The maximum Gasteiger partial charge on any atom is 0.164 e. The first-order chi connectivity index (χ1) is 28.7. The van der Waals surface area contributed by atoms with E-state index in [1.807, 2.05) is 27.7 Å². The SMILES string of the molecule is CCCCCCCCCCCCCCCCN(CCCCCCCCCCCCCCCC)CCCCCOC[C@@H]1OC(C)(C)O[C@H]1[C@@H](OCOC)[C@H]1COC(C)(C)O1. The first-order valence-corrected chi connectivity index (χ1v) is 25.8. The van der Waals surface area contributed by atoms with Crippen molar-refractivity contribution in [2.75, 3.05) is 53.4 Å². The molecule has 0 aromatic heterocycles. The van der Waals surface area contributed by atoms with Gasteiger partial charge in [-0.2, -0.15) is 0 Å². The normalized spacial score (nSPS) is 20.6. The van der Waals surface area contributed by atoms with Crippen molar-refractivity contribution in [2.24, 2.45) is 0 Å². The molecule has 4 atom stereocenters. The van der Waals surface area contributed by atoms with Gasteiger partial charge < -0.3 is 38.1 Å². The molecule has 0 unspecified atom stereocenters. The number of hydrogen-bond donors (Lipinski definition) is 0. The van der Waals surface area contributed by atoms with E-state index >= 15 is 0 Å². The Bertz CT molecular complexity index is 887. The molecule has 0 bridgehead atoms. The molecule has 0 aromatic rings. The van der Waals surface area contributed by atoms with Crippen LogP contribution in [0.1, 0.15) is 241 Å². The molecule has 2 rings (SSSR count). The largest absolute Gasteiger partial charge is 0.379 e. The first-order valence-electron chi connectivity index (χ1n) is 25.8. The third kappa shape index (κ3) is 28.9. The van der Waals surface area contributed by atoms with Gasteiger partial charge in [-0.15, -0.1) is 0 Å². The number of methoxy groups -OCH3 is 1.